The molecule has 0 aliphatic rings. The topological polar surface area (TPSA) is 39.9 Å². The number of nitrogens with zero attached hydrogens (tertiary/aromatic N) is 3. The Balaban J connectivity index is 1.57. The number of thioether (sulfide) groups is 1. The summed E-state index contributed by atoms with van der Waals surface area (Å²) >= 11 is 11.0. The maximum atomic E-state index is 5.93. The Labute approximate surface area is 158 Å². The van der Waals surface area contributed by atoms with E-state index < -0.39 is 0 Å². The third kappa shape index (κ3) is 4.32. The normalized spacial score (nSPS) is 10.8. The van der Waals surface area contributed by atoms with Crippen molar-refractivity contribution in [1.29, 1.82) is 0 Å². The fourth-order valence-electron chi connectivity index (χ4n) is 2.14. The van der Waals surface area contributed by atoms with Crippen LogP contribution in [0, 0.1) is 0 Å². The van der Waals surface area contributed by atoms with Crippen molar-refractivity contribution in [2.45, 2.75) is 5.16 Å². The summed E-state index contributed by atoms with van der Waals surface area (Å²) in [5.41, 5.74) is 0.992. The number of hydrogen-bond acceptors (Lipinski definition) is 4. The minimum absolute atomic E-state index is 0.601. The molecule has 0 saturated carbocycles. The van der Waals surface area contributed by atoms with Crippen LogP contribution < -0.4 is 4.74 Å². The monoisotopic (exact) mass is 423 g/mol. The minimum atomic E-state index is 0.601. The second-order valence-corrected chi connectivity index (χ2v) is 7.44. The molecule has 0 fully saturated rings. The smallest absolute Gasteiger partial charge is 0.191 e. The number of aromatic nitrogens is 3. The first-order valence-electron chi connectivity index (χ1n) is 7.30. The fraction of sp³-hybridized carbons (Fsp3) is 0.176. The molecule has 0 spiro atoms. The van der Waals surface area contributed by atoms with Crippen LogP contribution in [-0.4, -0.2) is 27.1 Å². The molecule has 3 rings (SSSR count). The predicted molar refractivity (Wildman–Crippen MR) is 102 cm³/mol. The van der Waals surface area contributed by atoms with Gasteiger partial charge in [0.25, 0.3) is 0 Å². The molecule has 0 amide bonds. The zero-order chi connectivity index (χ0) is 16.9. The van der Waals surface area contributed by atoms with Gasteiger partial charge >= 0.3 is 0 Å². The molecule has 124 valence electrons. The molecule has 0 radical (unpaired) electrons. The van der Waals surface area contributed by atoms with Crippen molar-refractivity contribution in [2.24, 2.45) is 7.05 Å². The Bertz CT molecular complexity index is 823. The van der Waals surface area contributed by atoms with Gasteiger partial charge in [-0.15, -0.1) is 10.2 Å². The van der Waals surface area contributed by atoms with Crippen LogP contribution in [0.5, 0.6) is 5.75 Å². The van der Waals surface area contributed by atoms with Crippen LogP contribution in [-0.2, 0) is 7.05 Å². The van der Waals surface area contributed by atoms with Crippen molar-refractivity contribution in [1.82, 2.24) is 14.8 Å². The van der Waals surface area contributed by atoms with Crippen LogP contribution >= 0.6 is 39.3 Å². The van der Waals surface area contributed by atoms with Crippen molar-refractivity contribution in [3.05, 3.63) is 58.0 Å². The molecular formula is C17H15BrClN3OS. The molecule has 3 aromatic rings. The highest BCUT2D eigenvalue weighted by atomic mass is 79.9. The summed E-state index contributed by atoms with van der Waals surface area (Å²) in [6.45, 7) is 0.601. The lowest BCUT2D eigenvalue weighted by atomic mass is 10.2. The number of rotatable bonds is 6. The molecule has 0 N–H and O–H groups in total. The lowest BCUT2D eigenvalue weighted by molar-refractivity contribution is 0.343. The van der Waals surface area contributed by atoms with Gasteiger partial charge in [0, 0.05) is 27.9 Å². The van der Waals surface area contributed by atoms with Gasteiger partial charge in [0.1, 0.15) is 5.75 Å². The first kappa shape index (κ1) is 17.3. The van der Waals surface area contributed by atoms with E-state index in [2.05, 4.69) is 26.1 Å². The highest BCUT2D eigenvalue weighted by Gasteiger charge is 2.11. The number of halogens is 2. The summed E-state index contributed by atoms with van der Waals surface area (Å²) in [4.78, 5) is 0. The Morgan fingerprint density at radius 3 is 2.71 bits per heavy atom. The van der Waals surface area contributed by atoms with E-state index in [1.54, 1.807) is 11.8 Å². The lowest BCUT2D eigenvalue weighted by Crippen LogP contribution is -2.02. The van der Waals surface area contributed by atoms with Gasteiger partial charge in [-0.2, -0.15) is 0 Å². The van der Waals surface area contributed by atoms with Crippen LogP contribution in [0.2, 0.25) is 5.02 Å². The summed E-state index contributed by atoms with van der Waals surface area (Å²) in [6, 6.07) is 15.4. The number of benzene rings is 2. The second kappa shape index (κ2) is 8.05. The maximum absolute atomic E-state index is 5.93. The van der Waals surface area contributed by atoms with E-state index in [0.717, 1.165) is 32.5 Å². The van der Waals surface area contributed by atoms with Crippen LogP contribution in [0.4, 0.5) is 0 Å². The third-order valence-electron chi connectivity index (χ3n) is 3.32. The summed E-state index contributed by atoms with van der Waals surface area (Å²) in [5.74, 6) is 2.46. The first-order valence-corrected chi connectivity index (χ1v) is 9.45. The minimum Gasteiger partial charge on any atom is -0.493 e. The molecule has 0 unspecified atom stereocenters. The fourth-order valence-corrected chi connectivity index (χ4v) is 3.37. The summed E-state index contributed by atoms with van der Waals surface area (Å²) in [5, 5.41) is 10.1. The molecule has 1 aromatic heterocycles. The largest absolute Gasteiger partial charge is 0.493 e. The molecule has 7 heteroatoms. The van der Waals surface area contributed by atoms with E-state index in [1.807, 2.05) is 60.1 Å². The SMILES string of the molecule is Cn1c(SCCOc2cccc(Br)c2)nnc1-c1ccc(Cl)cc1. The highest BCUT2D eigenvalue weighted by molar-refractivity contribution is 9.10. The number of ether oxygens (including phenoxy) is 1. The highest BCUT2D eigenvalue weighted by Crippen LogP contribution is 2.24. The molecule has 0 bridgehead atoms. The second-order valence-electron chi connectivity index (χ2n) is 5.03. The molecule has 0 aliphatic heterocycles. The van der Waals surface area contributed by atoms with E-state index in [4.69, 9.17) is 16.3 Å². The molecule has 0 saturated heterocycles. The zero-order valence-corrected chi connectivity index (χ0v) is 16.1. The molecular weight excluding hydrogens is 410 g/mol. The van der Waals surface area contributed by atoms with Gasteiger partial charge < -0.3 is 9.30 Å². The Kier molecular flexibility index (Phi) is 5.81. The Morgan fingerprint density at radius 2 is 1.96 bits per heavy atom. The van der Waals surface area contributed by atoms with E-state index in [1.165, 1.54) is 0 Å². The zero-order valence-electron chi connectivity index (χ0n) is 12.9. The molecule has 4 nitrogen and oxygen atoms in total. The van der Waals surface area contributed by atoms with Gasteiger partial charge in [0.2, 0.25) is 0 Å². The van der Waals surface area contributed by atoms with E-state index >= 15 is 0 Å². The maximum Gasteiger partial charge on any atom is 0.191 e. The van der Waals surface area contributed by atoms with Crippen LogP contribution in [0.15, 0.2) is 58.2 Å². The van der Waals surface area contributed by atoms with E-state index in [9.17, 15) is 0 Å². The average Bonchev–Trinajstić information content (AvgIpc) is 2.93. The van der Waals surface area contributed by atoms with Gasteiger partial charge in [-0.05, 0) is 42.5 Å². The van der Waals surface area contributed by atoms with Crippen molar-refractivity contribution in [3.8, 4) is 17.1 Å². The number of hydrogen-bond donors (Lipinski definition) is 0. The van der Waals surface area contributed by atoms with Gasteiger partial charge in [0.05, 0.1) is 6.61 Å². The standard InChI is InChI=1S/C17H15BrClN3OS/c1-22-16(12-5-7-14(19)8-6-12)20-21-17(22)24-10-9-23-15-4-2-3-13(18)11-15/h2-8,11H,9-10H2,1H3. The first-order chi connectivity index (χ1) is 11.6. The quantitative estimate of drug-likeness (QED) is 0.409. The van der Waals surface area contributed by atoms with Gasteiger partial charge in [-0.1, -0.05) is 45.4 Å². The summed E-state index contributed by atoms with van der Waals surface area (Å²) < 4.78 is 8.72. The van der Waals surface area contributed by atoms with Crippen molar-refractivity contribution >= 4 is 39.3 Å². The molecule has 1 heterocycles. The summed E-state index contributed by atoms with van der Waals surface area (Å²) in [7, 11) is 1.96. The van der Waals surface area contributed by atoms with Gasteiger partial charge in [0.15, 0.2) is 11.0 Å². The molecule has 0 atom stereocenters. The van der Waals surface area contributed by atoms with E-state index in [-0.39, 0.29) is 0 Å². The van der Waals surface area contributed by atoms with Crippen LogP contribution in [0.3, 0.4) is 0 Å². The Morgan fingerprint density at radius 1 is 1.17 bits per heavy atom. The van der Waals surface area contributed by atoms with Gasteiger partial charge in [-0.3, -0.25) is 0 Å². The van der Waals surface area contributed by atoms with Crippen LogP contribution in [0.25, 0.3) is 11.4 Å². The predicted octanol–water partition coefficient (Wildman–Crippen LogP) is 5.07. The third-order valence-corrected chi connectivity index (χ3v) is 5.05. The summed E-state index contributed by atoms with van der Waals surface area (Å²) in [6.07, 6.45) is 0. The van der Waals surface area contributed by atoms with Gasteiger partial charge in [-0.25, -0.2) is 0 Å². The van der Waals surface area contributed by atoms with E-state index in [0.29, 0.717) is 11.6 Å². The lowest BCUT2D eigenvalue weighted by Gasteiger charge is -2.06. The van der Waals surface area contributed by atoms with Crippen molar-refractivity contribution < 1.29 is 4.74 Å². The average molecular weight is 425 g/mol. The van der Waals surface area contributed by atoms with Crippen LogP contribution in [0.1, 0.15) is 0 Å². The molecule has 2 aromatic carbocycles. The molecule has 24 heavy (non-hydrogen) atoms. The van der Waals surface area contributed by atoms with Crippen molar-refractivity contribution in [3.63, 3.8) is 0 Å². The van der Waals surface area contributed by atoms with Crippen molar-refractivity contribution in [2.75, 3.05) is 12.4 Å². The Hall–Kier alpha value is -1.50. The molecule has 0 aliphatic carbocycles.